The van der Waals surface area contributed by atoms with Gasteiger partial charge in [-0.1, -0.05) is 0 Å². The lowest BCUT2D eigenvalue weighted by molar-refractivity contribution is 0.790. The summed E-state index contributed by atoms with van der Waals surface area (Å²) in [4.78, 5) is 18.6. The van der Waals surface area contributed by atoms with Crippen LogP contribution in [0.2, 0.25) is 0 Å². The molecule has 0 spiro atoms. The summed E-state index contributed by atoms with van der Waals surface area (Å²) in [6, 6.07) is 6.33. The molecule has 0 aliphatic heterocycles. The monoisotopic (exact) mass is 303 g/mol. The molecule has 21 heavy (non-hydrogen) atoms. The van der Waals surface area contributed by atoms with Crippen LogP contribution in [0, 0.1) is 13.8 Å². The van der Waals surface area contributed by atoms with Gasteiger partial charge in [0.25, 0.3) is 0 Å². The summed E-state index contributed by atoms with van der Waals surface area (Å²) in [6.45, 7) is 6.02. The maximum absolute atomic E-state index is 11.6. The average molecular weight is 303 g/mol. The van der Waals surface area contributed by atoms with Crippen LogP contribution in [-0.4, -0.2) is 25.6 Å². The van der Waals surface area contributed by atoms with E-state index in [1.165, 1.54) is 14.2 Å². The Morgan fingerprint density at radius 1 is 1.43 bits per heavy atom. The molecule has 6 nitrogen and oxygen atoms in total. The van der Waals surface area contributed by atoms with Gasteiger partial charge in [-0.25, -0.2) is 19.3 Å². The first-order valence-electron chi connectivity index (χ1n) is 6.79. The topological polar surface area (TPSA) is 75.1 Å². The molecule has 0 radical (unpaired) electrons. The molecule has 0 aromatic carbocycles. The van der Waals surface area contributed by atoms with Gasteiger partial charge in [0.05, 0.1) is 0 Å². The third kappa shape index (κ3) is 2.82. The van der Waals surface area contributed by atoms with Gasteiger partial charge >= 0.3 is 5.69 Å². The van der Waals surface area contributed by atoms with Crippen molar-refractivity contribution in [3.63, 3.8) is 0 Å². The van der Waals surface area contributed by atoms with Gasteiger partial charge in [0.15, 0.2) is 5.65 Å². The maximum Gasteiger partial charge on any atom is 0.349 e. The molecule has 0 amide bonds. The van der Waals surface area contributed by atoms with Crippen molar-refractivity contribution in [3.8, 4) is 0 Å². The number of thiophene rings is 1. The Labute approximate surface area is 125 Å². The number of aromatic nitrogens is 4. The zero-order chi connectivity index (χ0) is 15.0. The van der Waals surface area contributed by atoms with Crippen LogP contribution in [0.25, 0.3) is 5.65 Å². The summed E-state index contributed by atoms with van der Waals surface area (Å²) >= 11 is 1.81. The van der Waals surface area contributed by atoms with Crippen LogP contribution in [0.1, 0.15) is 22.5 Å². The minimum Gasteiger partial charge on any atom is -0.367 e. The molecule has 3 aromatic rings. The number of nitrogens with zero attached hydrogens (tertiary/aromatic N) is 3. The summed E-state index contributed by atoms with van der Waals surface area (Å²) in [6.07, 6.45) is 0.942. The van der Waals surface area contributed by atoms with Gasteiger partial charge in [-0.2, -0.15) is 5.10 Å². The first kappa shape index (κ1) is 13.8. The highest BCUT2D eigenvalue weighted by atomic mass is 32.1. The third-order valence-corrected chi connectivity index (χ3v) is 4.29. The summed E-state index contributed by atoms with van der Waals surface area (Å²) in [5.41, 5.74) is 0.317. The zero-order valence-electron chi connectivity index (χ0n) is 12.2. The number of nitrogens with one attached hydrogen (secondary N) is 2. The Morgan fingerprint density at radius 2 is 2.24 bits per heavy atom. The molecule has 2 N–H and O–H groups in total. The SMILES string of the molecule is Cc1ccc(CC(C)Nc2cc3n[nH]c(=O)n3c(C)n2)s1. The van der Waals surface area contributed by atoms with Gasteiger partial charge in [0.2, 0.25) is 0 Å². The first-order valence-corrected chi connectivity index (χ1v) is 7.61. The number of H-pyrrole nitrogens is 1. The fourth-order valence-corrected chi connectivity index (χ4v) is 3.39. The molecule has 1 unspecified atom stereocenters. The van der Waals surface area contributed by atoms with E-state index in [1.807, 2.05) is 11.3 Å². The predicted molar refractivity (Wildman–Crippen MR) is 84.2 cm³/mol. The van der Waals surface area contributed by atoms with Crippen molar-refractivity contribution in [1.29, 1.82) is 0 Å². The van der Waals surface area contributed by atoms with Crippen molar-refractivity contribution in [2.24, 2.45) is 0 Å². The molecule has 0 aliphatic rings. The molecule has 0 fully saturated rings. The number of hydrogen-bond acceptors (Lipinski definition) is 5. The van der Waals surface area contributed by atoms with Crippen LogP contribution in [0.4, 0.5) is 5.82 Å². The van der Waals surface area contributed by atoms with Gasteiger partial charge in [0, 0.05) is 28.3 Å². The van der Waals surface area contributed by atoms with Gasteiger partial charge in [0.1, 0.15) is 11.6 Å². The maximum atomic E-state index is 11.6. The molecule has 3 aromatic heterocycles. The van der Waals surface area contributed by atoms with Crippen LogP contribution in [-0.2, 0) is 6.42 Å². The smallest absolute Gasteiger partial charge is 0.349 e. The predicted octanol–water partition coefficient (Wildman–Crippen LogP) is 2.14. The second kappa shape index (κ2) is 5.33. The van der Waals surface area contributed by atoms with Crippen LogP contribution in [0.15, 0.2) is 23.0 Å². The molecular weight excluding hydrogens is 286 g/mol. The second-order valence-corrected chi connectivity index (χ2v) is 6.55. The van der Waals surface area contributed by atoms with E-state index in [-0.39, 0.29) is 11.7 Å². The number of aryl methyl sites for hydroxylation is 2. The highest BCUT2D eigenvalue weighted by Gasteiger charge is 2.10. The lowest BCUT2D eigenvalue weighted by atomic mass is 10.2. The van der Waals surface area contributed by atoms with Crippen molar-refractivity contribution in [2.75, 3.05) is 5.32 Å². The molecule has 3 rings (SSSR count). The lowest BCUT2D eigenvalue weighted by Crippen LogP contribution is -2.20. The van der Waals surface area contributed by atoms with Crippen molar-refractivity contribution in [3.05, 3.63) is 44.3 Å². The first-order chi connectivity index (χ1) is 10.0. The van der Waals surface area contributed by atoms with Gasteiger partial charge < -0.3 is 5.32 Å². The van der Waals surface area contributed by atoms with Crippen molar-refractivity contribution >= 4 is 22.8 Å². The fraction of sp³-hybridized carbons (Fsp3) is 0.357. The average Bonchev–Trinajstić information content (AvgIpc) is 2.96. The van der Waals surface area contributed by atoms with Gasteiger partial charge in [-0.15, -0.1) is 11.3 Å². The molecule has 0 aliphatic carbocycles. The van der Waals surface area contributed by atoms with Crippen LogP contribution in [0.3, 0.4) is 0 Å². The normalized spacial score (nSPS) is 12.7. The van der Waals surface area contributed by atoms with Crippen LogP contribution in [0.5, 0.6) is 0 Å². The quantitative estimate of drug-likeness (QED) is 0.774. The Kier molecular flexibility index (Phi) is 3.50. The Balaban J connectivity index is 1.79. The fourth-order valence-electron chi connectivity index (χ4n) is 2.37. The minimum absolute atomic E-state index is 0.253. The van der Waals surface area contributed by atoms with Gasteiger partial charge in [-0.05, 0) is 32.9 Å². The van der Waals surface area contributed by atoms with E-state index < -0.39 is 0 Å². The highest BCUT2D eigenvalue weighted by Crippen LogP contribution is 2.18. The molecule has 0 saturated carbocycles. The van der Waals surface area contributed by atoms with Crippen LogP contribution >= 0.6 is 11.3 Å². The van der Waals surface area contributed by atoms with Crippen molar-refractivity contribution < 1.29 is 0 Å². The number of anilines is 1. The molecule has 3 heterocycles. The van der Waals surface area contributed by atoms with Crippen molar-refractivity contribution in [1.82, 2.24) is 19.6 Å². The van der Waals surface area contributed by atoms with E-state index >= 15 is 0 Å². The number of hydrogen-bond donors (Lipinski definition) is 2. The summed E-state index contributed by atoms with van der Waals surface area (Å²) < 4.78 is 1.46. The van der Waals surface area contributed by atoms with E-state index in [4.69, 9.17) is 0 Å². The van der Waals surface area contributed by atoms with E-state index in [0.29, 0.717) is 11.5 Å². The third-order valence-electron chi connectivity index (χ3n) is 3.27. The zero-order valence-corrected chi connectivity index (χ0v) is 13.0. The summed E-state index contributed by atoms with van der Waals surface area (Å²) in [7, 11) is 0. The molecule has 110 valence electrons. The standard InChI is InChI=1S/C14H17N5OS/c1-8(6-11-5-4-9(2)21-11)15-12-7-13-17-18-14(20)19(13)10(3)16-12/h4-5,7-8,15H,6H2,1-3H3,(H,18,20). The minimum atomic E-state index is -0.261. The van der Waals surface area contributed by atoms with Crippen LogP contribution < -0.4 is 11.0 Å². The molecule has 7 heteroatoms. The van der Waals surface area contributed by atoms with E-state index in [1.54, 1.807) is 13.0 Å². The van der Waals surface area contributed by atoms with Crippen molar-refractivity contribution in [2.45, 2.75) is 33.2 Å². The highest BCUT2D eigenvalue weighted by molar-refractivity contribution is 7.11. The molecule has 1 atom stereocenters. The summed E-state index contributed by atoms with van der Waals surface area (Å²) in [5, 5.41) is 9.78. The van der Waals surface area contributed by atoms with E-state index in [9.17, 15) is 4.79 Å². The molecular formula is C14H17N5OS. The Morgan fingerprint density at radius 3 is 2.95 bits per heavy atom. The largest absolute Gasteiger partial charge is 0.367 e. The number of aromatic amines is 1. The second-order valence-electron chi connectivity index (χ2n) is 5.17. The number of rotatable bonds is 4. The Bertz CT molecular complexity index is 831. The summed E-state index contributed by atoms with van der Waals surface area (Å²) in [5.74, 6) is 1.35. The molecule has 0 bridgehead atoms. The Hall–Kier alpha value is -2.15. The molecule has 0 saturated heterocycles. The van der Waals surface area contributed by atoms with E-state index in [2.05, 4.69) is 46.5 Å². The number of fused-ring (bicyclic) bond motifs is 1. The lowest BCUT2D eigenvalue weighted by Gasteiger charge is -2.14. The van der Waals surface area contributed by atoms with Gasteiger partial charge in [-0.3, -0.25) is 0 Å². The van der Waals surface area contributed by atoms with E-state index in [0.717, 1.165) is 12.2 Å².